The lowest BCUT2D eigenvalue weighted by Gasteiger charge is -2.52. The molecule has 4 fully saturated rings. The third-order valence-corrected chi connectivity index (χ3v) is 46.5. The Morgan fingerprint density at radius 1 is 0.443 bits per heavy atom. The molecule has 6 aliphatic heterocycles. The normalized spacial score (nSPS) is 28.8. The maximum absolute atomic E-state index is 15.2. The second-order valence-electron chi connectivity index (χ2n) is 42.8. The van der Waals surface area contributed by atoms with Crippen molar-refractivity contribution in [3.63, 3.8) is 0 Å². The van der Waals surface area contributed by atoms with Crippen LogP contribution in [0.3, 0.4) is 0 Å². The summed E-state index contributed by atoms with van der Waals surface area (Å²) < 4.78 is 86.3. The highest BCUT2D eigenvalue weighted by Gasteiger charge is 2.71. The van der Waals surface area contributed by atoms with Gasteiger partial charge in [0, 0.05) is 54.3 Å². The van der Waals surface area contributed by atoms with Gasteiger partial charge < -0.3 is 54.4 Å². The number of hydrogen-bond acceptors (Lipinski definition) is 14. The van der Waals surface area contributed by atoms with Gasteiger partial charge in [-0.15, -0.1) is 0 Å². The largest absolute Gasteiger partial charge is 0.510 e. The Bertz CT molecular complexity index is 3980. The second-order valence-corrected chi connectivity index (χ2v) is 70.5. The fourth-order valence-electron chi connectivity index (χ4n) is 18.8. The van der Waals surface area contributed by atoms with Gasteiger partial charge in [0.05, 0.1) is 21.9 Å². The van der Waals surface area contributed by atoms with Crippen molar-refractivity contribution >= 4 is 83.5 Å². The zero-order valence-corrected chi connectivity index (χ0v) is 78.6. The molecule has 0 amide bonds. The number of aryl methyl sites for hydroxylation is 4. The van der Waals surface area contributed by atoms with Crippen molar-refractivity contribution in [1.29, 1.82) is 0 Å². The summed E-state index contributed by atoms with van der Waals surface area (Å²) in [6.45, 7) is 93.0. The summed E-state index contributed by atoms with van der Waals surface area (Å²) >= 11 is 0. The topological polar surface area (TPSA) is 145 Å². The lowest BCUT2D eigenvalue weighted by Crippen LogP contribution is -2.63. The first-order chi connectivity index (χ1) is 47.8. The van der Waals surface area contributed by atoms with Crippen molar-refractivity contribution < 1.29 is 63.9 Å². The molecule has 2 aliphatic carbocycles. The standard InChI is InChI=1S/2C43H68O7Si3/c2*1-23(2)43-27(6)35(48-51(16,17)18)39(46-43)38(45-43)31-24(3)21-28-26(5)30-25(4)22-29(47-52(19,20)40(7,8)9)34(44)33(30)37-32(28)36(31)49-53(50-37,41(10,11)12)42(13,14)15/h2*21,23,25,29,35,38-39H,6,22H2,1-5,7-20H3/t25-,29-,35+,38-,39+,43-;25-,29-,35-,38+,39+,43-/m00/s1. The molecule has 8 aliphatic rings. The van der Waals surface area contributed by atoms with Crippen LogP contribution in [0.25, 0.3) is 21.5 Å². The van der Waals surface area contributed by atoms with Gasteiger partial charge in [-0.05, 0) is 172 Å². The molecule has 0 aromatic heterocycles. The predicted octanol–water partition coefficient (Wildman–Crippen LogP) is 23.9. The molecule has 588 valence electrons. The number of rotatable bonds is 12. The van der Waals surface area contributed by atoms with Gasteiger partial charge in [-0.2, -0.15) is 0 Å². The Kier molecular flexibility index (Phi) is 20.4. The third kappa shape index (κ3) is 12.8. The van der Waals surface area contributed by atoms with Gasteiger partial charge in [0.15, 0.2) is 56.4 Å². The van der Waals surface area contributed by atoms with E-state index in [4.69, 9.17) is 54.4 Å². The van der Waals surface area contributed by atoms with Crippen LogP contribution in [-0.2, 0) is 36.7 Å². The molecule has 20 heteroatoms. The molecule has 0 radical (unpaired) electrons. The molecule has 6 heterocycles. The Morgan fingerprint density at radius 2 is 0.726 bits per heavy atom. The smallest absolute Gasteiger partial charge is 0.471 e. The number of Topliss-reactive ketones (excluding diaryl/α,β-unsaturated/α-hetero) is 2. The predicted molar refractivity (Wildman–Crippen MR) is 446 cm³/mol. The van der Waals surface area contributed by atoms with E-state index in [0.29, 0.717) is 35.5 Å². The van der Waals surface area contributed by atoms with Gasteiger partial charge in [0.2, 0.25) is 0 Å². The van der Waals surface area contributed by atoms with Gasteiger partial charge in [0.1, 0.15) is 71.8 Å². The van der Waals surface area contributed by atoms with Crippen LogP contribution in [0.1, 0.15) is 268 Å². The quantitative estimate of drug-likeness (QED) is 0.0979. The summed E-state index contributed by atoms with van der Waals surface area (Å²) in [5.74, 6) is 1.22. The molecular formula is C86H136O14Si6. The maximum atomic E-state index is 15.2. The summed E-state index contributed by atoms with van der Waals surface area (Å²) in [4.78, 5) is 30.3. The first-order valence-corrected chi connectivity index (χ1v) is 56.0. The zero-order valence-electron chi connectivity index (χ0n) is 72.6. The zero-order chi connectivity index (χ0) is 79.9. The van der Waals surface area contributed by atoms with Crippen molar-refractivity contribution in [2.45, 2.75) is 375 Å². The van der Waals surface area contributed by atoms with E-state index in [1.165, 1.54) is 0 Å². The van der Waals surface area contributed by atoms with E-state index in [-0.39, 0.29) is 77.7 Å². The van der Waals surface area contributed by atoms with Crippen LogP contribution < -0.4 is 17.7 Å². The third-order valence-electron chi connectivity index (χ3n) is 25.8. The number of ether oxygens (including phenoxy) is 4. The highest BCUT2D eigenvalue weighted by atomic mass is 28.4. The molecular weight excluding hydrogens is 1430 g/mol. The average Bonchev–Trinajstić information content (AvgIpc) is 1.15. The molecule has 0 N–H and O–H groups in total. The molecule has 12 rings (SSSR count). The van der Waals surface area contributed by atoms with Crippen molar-refractivity contribution in [2.24, 2.45) is 11.8 Å². The Balaban J connectivity index is 0.000000212. The summed E-state index contributed by atoms with van der Waals surface area (Å²) in [5, 5.41) is 2.26. The highest BCUT2D eigenvalue weighted by molar-refractivity contribution is 6.77. The SMILES string of the molecule is C=C1[C@@H](O[Si](C)(C)C)[C@H]2O[C@]1(C(C)C)O[C@H]2c1c(C)cc2c(C)c3c(c4c2c1O[Si](C(C)(C)C)(C(C)(C)C)O4)C(=O)[C@@H](O[Si](C)(C)C(C)(C)C)C[C@@H]3C.C=C1[C@H](O[Si](C)(C)C)[C@H]2O[C@]1(C(C)C)O[C@@H]2c1c(C)cc2c(C)c3c(c4c2c1O[Si](C(C)(C)C)(C(C)(C)C)O4)C(=O)[C@@H](O[Si](C)(C)C(C)(C)C)C[C@@H]3C. The van der Waals surface area contributed by atoms with E-state index in [1.54, 1.807) is 0 Å². The van der Waals surface area contributed by atoms with Gasteiger partial charge in [-0.1, -0.05) is 191 Å². The van der Waals surface area contributed by atoms with Crippen LogP contribution in [0.2, 0.25) is 95.7 Å². The fourth-order valence-corrected chi connectivity index (χ4v) is 32.5. The lowest BCUT2D eigenvalue weighted by atomic mass is 9.76. The van der Waals surface area contributed by atoms with Crippen molar-refractivity contribution in [1.82, 2.24) is 0 Å². The Morgan fingerprint density at radius 3 is 0.972 bits per heavy atom. The number of carbonyl (C=O) groups is 2. The summed E-state index contributed by atoms with van der Waals surface area (Å²) in [6, 6.07) is 4.53. The molecule has 4 bridgehead atoms. The van der Waals surface area contributed by atoms with Crippen LogP contribution in [0.4, 0.5) is 0 Å². The van der Waals surface area contributed by atoms with E-state index >= 15 is 9.59 Å². The number of hydrogen-bond donors (Lipinski definition) is 0. The molecule has 0 saturated carbocycles. The Hall–Kier alpha value is -3.60. The molecule has 0 unspecified atom stereocenters. The first-order valence-electron chi connectivity index (χ1n) is 39.7. The number of carbonyl (C=O) groups excluding carboxylic acids is 2. The monoisotopic (exact) mass is 1560 g/mol. The maximum Gasteiger partial charge on any atom is 0.471 e. The minimum atomic E-state index is -3.30. The van der Waals surface area contributed by atoms with E-state index in [9.17, 15) is 0 Å². The average molecular weight is 1560 g/mol. The van der Waals surface area contributed by atoms with Crippen LogP contribution in [0.15, 0.2) is 36.4 Å². The number of fused-ring (bicyclic) bond motifs is 8. The minimum Gasteiger partial charge on any atom is -0.510 e. The van der Waals surface area contributed by atoms with Crippen LogP contribution in [0, 0.1) is 39.5 Å². The summed E-state index contributed by atoms with van der Waals surface area (Å²) in [7, 11) is -15.2. The highest BCUT2D eigenvalue weighted by Crippen LogP contribution is 2.67. The van der Waals surface area contributed by atoms with E-state index in [2.05, 4.69) is 285 Å². The minimum absolute atomic E-state index is 0.0125. The molecule has 14 nitrogen and oxygen atoms in total. The van der Waals surface area contributed by atoms with E-state index in [1.807, 2.05) is 0 Å². The van der Waals surface area contributed by atoms with Gasteiger partial charge in [-0.25, -0.2) is 0 Å². The molecule has 106 heavy (non-hydrogen) atoms. The van der Waals surface area contributed by atoms with Crippen molar-refractivity contribution in [3.05, 3.63) is 92.1 Å². The van der Waals surface area contributed by atoms with Gasteiger partial charge in [-0.3, -0.25) is 9.59 Å². The second kappa shape index (κ2) is 26.0. The van der Waals surface area contributed by atoms with Crippen molar-refractivity contribution in [2.75, 3.05) is 0 Å². The number of benzene rings is 4. The van der Waals surface area contributed by atoms with Crippen LogP contribution in [-0.4, -0.2) is 110 Å². The first kappa shape index (κ1) is 83.3. The molecule has 4 aromatic carbocycles. The molecule has 0 spiro atoms. The molecule has 4 aromatic rings. The fraction of sp³-hybridized carbons (Fsp3) is 0.698. The molecule has 4 saturated heterocycles. The summed E-state index contributed by atoms with van der Waals surface area (Å²) in [6.07, 6.45) is -2.13. The van der Waals surface area contributed by atoms with Crippen molar-refractivity contribution in [3.8, 4) is 23.0 Å². The summed E-state index contributed by atoms with van der Waals surface area (Å²) in [5.41, 5.74) is 11.5. The lowest BCUT2D eigenvalue weighted by molar-refractivity contribution is -0.161. The van der Waals surface area contributed by atoms with E-state index < -0.39 is 98.6 Å². The van der Waals surface area contributed by atoms with Gasteiger partial charge in [0.25, 0.3) is 0 Å². The van der Waals surface area contributed by atoms with Crippen LogP contribution >= 0.6 is 0 Å². The molecule has 12 atom stereocenters. The van der Waals surface area contributed by atoms with Gasteiger partial charge >= 0.3 is 17.1 Å². The van der Waals surface area contributed by atoms with E-state index in [0.717, 1.165) is 88.7 Å². The number of ketones is 2. The van der Waals surface area contributed by atoms with Crippen LogP contribution in [0.5, 0.6) is 23.0 Å². The Labute approximate surface area is 644 Å².